The molecule has 2 amide bonds. The minimum atomic E-state index is -1.34. The Hall–Kier alpha value is -4.78. The van der Waals surface area contributed by atoms with E-state index in [0.717, 1.165) is 26.9 Å². The highest BCUT2D eigenvalue weighted by molar-refractivity contribution is 7.22. The van der Waals surface area contributed by atoms with Gasteiger partial charge in [-0.05, 0) is 61.7 Å². The first-order chi connectivity index (χ1) is 21.9. The van der Waals surface area contributed by atoms with E-state index in [-0.39, 0.29) is 17.1 Å². The molecule has 6 rings (SSSR count). The van der Waals surface area contributed by atoms with Crippen molar-refractivity contribution in [3.05, 3.63) is 96.3 Å². The second-order valence-electron chi connectivity index (χ2n) is 10.5. The third-order valence-corrected chi connectivity index (χ3v) is 8.50. The predicted molar refractivity (Wildman–Crippen MR) is 168 cm³/mol. The van der Waals surface area contributed by atoms with Crippen LogP contribution in [0.4, 0.5) is 20.2 Å². The highest BCUT2D eigenvalue weighted by Crippen LogP contribution is 2.48. The van der Waals surface area contributed by atoms with Crippen molar-refractivity contribution < 1.29 is 27.8 Å². The summed E-state index contributed by atoms with van der Waals surface area (Å²) >= 11 is 1.43. The summed E-state index contributed by atoms with van der Waals surface area (Å²) in [6.07, 6.45) is 3.99. The number of carbonyl (C=O) groups excluding carboxylic acids is 2. The molecule has 0 atom stereocenters. The smallest absolute Gasteiger partial charge is 0.240 e. The number of nitrogens with one attached hydrogen (secondary N) is 3. The van der Waals surface area contributed by atoms with Crippen molar-refractivity contribution in [3.63, 3.8) is 0 Å². The van der Waals surface area contributed by atoms with E-state index >= 15 is 4.39 Å². The van der Waals surface area contributed by atoms with Crippen LogP contribution in [0.1, 0.15) is 25.3 Å². The van der Waals surface area contributed by atoms with Gasteiger partial charge in [0.15, 0.2) is 11.6 Å². The van der Waals surface area contributed by atoms with Crippen molar-refractivity contribution >= 4 is 44.7 Å². The molecule has 0 radical (unpaired) electrons. The normalized spacial score (nSPS) is 13.4. The number of hydrogen-bond acceptors (Lipinski definition) is 8. The van der Waals surface area contributed by atoms with Crippen LogP contribution in [0.5, 0.6) is 11.5 Å². The molecule has 230 valence electrons. The van der Waals surface area contributed by atoms with Gasteiger partial charge < -0.3 is 20.1 Å². The van der Waals surface area contributed by atoms with Gasteiger partial charge in [0.05, 0.1) is 33.2 Å². The first-order valence-corrected chi connectivity index (χ1v) is 15.1. The molecule has 1 saturated carbocycles. The van der Waals surface area contributed by atoms with Crippen LogP contribution >= 0.6 is 11.3 Å². The fourth-order valence-electron chi connectivity index (χ4n) is 4.68. The lowest BCUT2D eigenvalue weighted by molar-refractivity contribution is -0.131. The van der Waals surface area contributed by atoms with Gasteiger partial charge in [-0.3, -0.25) is 24.9 Å². The molecule has 0 saturated heterocycles. The number of benzene rings is 2. The topological polar surface area (TPSA) is 114 Å². The van der Waals surface area contributed by atoms with Gasteiger partial charge in [0.2, 0.25) is 11.8 Å². The maximum Gasteiger partial charge on any atom is 0.240 e. The minimum absolute atomic E-state index is 0.00648. The Bertz CT molecular complexity index is 1860. The summed E-state index contributed by atoms with van der Waals surface area (Å²) in [5.74, 6) is -2.12. The van der Waals surface area contributed by atoms with Crippen LogP contribution in [0.2, 0.25) is 0 Å². The summed E-state index contributed by atoms with van der Waals surface area (Å²) < 4.78 is 41.2. The van der Waals surface area contributed by atoms with E-state index in [0.29, 0.717) is 44.0 Å². The van der Waals surface area contributed by atoms with E-state index in [1.54, 1.807) is 24.5 Å². The van der Waals surface area contributed by atoms with Gasteiger partial charge in [-0.2, -0.15) is 0 Å². The average molecular weight is 630 g/mol. The number of nitrogens with zero attached hydrogens (tertiary/aromatic N) is 2. The standard InChI is InChI=1S/C33H29F2N5O4S/c1-2-43-19-36-17-20-7-9-25(38-18-20)29-16-26-30(45-29)28(11-14-37-26)44-27-10-8-21(15-23(27)35)39-31(41)33(12-13-33)32(42)40-24-6-4-3-5-22(24)34/h3-11,14-16,18,36H,2,12-13,17,19H2,1H3,(H,39,41)(H,40,42). The lowest BCUT2D eigenvalue weighted by atomic mass is 10.0. The van der Waals surface area contributed by atoms with Crippen LogP contribution in [0.3, 0.4) is 0 Å². The summed E-state index contributed by atoms with van der Waals surface area (Å²) in [5.41, 5.74) is 1.30. The molecule has 45 heavy (non-hydrogen) atoms. The largest absolute Gasteiger partial charge is 0.453 e. The number of halogens is 2. The molecule has 9 nitrogen and oxygen atoms in total. The molecular formula is C33H29F2N5O4S. The first kappa shape index (κ1) is 30.3. The number of aromatic nitrogens is 2. The van der Waals surface area contributed by atoms with Gasteiger partial charge in [-0.25, -0.2) is 8.78 Å². The average Bonchev–Trinajstić information content (AvgIpc) is 3.75. The zero-order chi connectivity index (χ0) is 31.4. The molecule has 2 aromatic carbocycles. The quantitative estimate of drug-likeness (QED) is 0.0784. The van der Waals surface area contributed by atoms with Gasteiger partial charge in [-0.1, -0.05) is 18.2 Å². The van der Waals surface area contributed by atoms with Crippen molar-refractivity contribution in [2.24, 2.45) is 5.41 Å². The van der Waals surface area contributed by atoms with E-state index in [1.807, 2.05) is 25.1 Å². The van der Waals surface area contributed by atoms with Crippen molar-refractivity contribution in [3.8, 4) is 22.1 Å². The van der Waals surface area contributed by atoms with Gasteiger partial charge in [0, 0.05) is 43.4 Å². The fraction of sp³-hybridized carbons (Fsp3) is 0.212. The van der Waals surface area contributed by atoms with Crippen LogP contribution in [0.15, 0.2) is 79.1 Å². The minimum Gasteiger partial charge on any atom is -0.453 e. The van der Waals surface area contributed by atoms with Crippen molar-refractivity contribution in [1.29, 1.82) is 0 Å². The molecule has 3 aromatic heterocycles. The molecule has 0 unspecified atom stereocenters. The second-order valence-corrected chi connectivity index (χ2v) is 11.5. The van der Waals surface area contributed by atoms with Crippen molar-refractivity contribution in [1.82, 2.24) is 15.3 Å². The number of rotatable bonds is 12. The van der Waals surface area contributed by atoms with E-state index in [1.165, 1.54) is 41.7 Å². The number of para-hydroxylation sites is 1. The van der Waals surface area contributed by atoms with Crippen LogP contribution in [0.25, 0.3) is 20.8 Å². The number of ether oxygens (including phenoxy) is 2. The zero-order valence-electron chi connectivity index (χ0n) is 24.2. The Balaban J connectivity index is 1.12. The molecule has 12 heteroatoms. The highest BCUT2D eigenvalue weighted by Gasteiger charge is 2.56. The van der Waals surface area contributed by atoms with E-state index in [2.05, 4.69) is 25.9 Å². The van der Waals surface area contributed by atoms with Gasteiger partial charge in [0.1, 0.15) is 17.0 Å². The number of fused-ring (bicyclic) bond motifs is 1. The third kappa shape index (κ3) is 6.68. The maximum atomic E-state index is 15.2. The molecule has 0 spiro atoms. The van der Waals surface area contributed by atoms with E-state index in [9.17, 15) is 14.0 Å². The predicted octanol–water partition coefficient (Wildman–Crippen LogP) is 6.87. The summed E-state index contributed by atoms with van der Waals surface area (Å²) in [6, 6.07) is 17.2. The van der Waals surface area contributed by atoms with Crippen molar-refractivity contribution in [2.45, 2.75) is 26.3 Å². The monoisotopic (exact) mass is 629 g/mol. The Morgan fingerprint density at radius 1 is 0.933 bits per heavy atom. The summed E-state index contributed by atoms with van der Waals surface area (Å²) in [7, 11) is 0. The number of pyridine rings is 2. The summed E-state index contributed by atoms with van der Waals surface area (Å²) in [4.78, 5) is 35.7. The SMILES string of the molecule is CCOCNCc1ccc(-c2cc3nccc(Oc4ccc(NC(=O)C5(C(=O)Nc6ccccc6F)CC5)cc4F)c3s2)nc1. The van der Waals surface area contributed by atoms with Gasteiger partial charge >= 0.3 is 0 Å². The number of thiophene rings is 1. The fourth-order valence-corrected chi connectivity index (χ4v) is 5.73. The van der Waals surface area contributed by atoms with Gasteiger partial charge in [-0.15, -0.1) is 11.3 Å². The van der Waals surface area contributed by atoms with Crippen LogP contribution in [-0.4, -0.2) is 35.1 Å². The Morgan fingerprint density at radius 3 is 2.49 bits per heavy atom. The number of carbonyl (C=O) groups is 2. The van der Waals surface area contributed by atoms with Crippen LogP contribution < -0.4 is 20.7 Å². The number of amides is 2. The molecule has 3 heterocycles. The number of anilines is 2. The van der Waals surface area contributed by atoms with E-state index in [4.69, 9.17) is 9.47 Å². The highest BCUT2D eigenvalue weighted by atomic mass is 32.1. The van der Waals surface area contributed by atoms with Crippen LogP contribution in [0, 0.1) is 17.0 Å². The Kier molecular flexibility index (Phi) is 8.78. The maximum absolute atomic E-state index is 15.2. The first-order valence-electron chi connectivity index (χ1n) is 14.3. The zero-order valence-corrected chi connectivity index (χ0v) is 25.0. The van der Waals surface area contributed by atoms with E-state index < -0.39 is 28.9 Å². The molecule has 1 aliphatic rings. The Labute approximate surface area is 261 Å². The van der Waals surface area contributed by atoms with Gasteiger partial charge in [0.25, 0.3) is 0 Å². The molecule has 0 bridgehead atoms. The van der Waals surface area contributed by atoms with Crippen LogP contribution in [-0.2, 0) is 20.9 Å². The molecule has 1 aliphatic carbocycles. The molecule has 5 aromatic rings. The lowest BCUT2D eigenvalue weighted by Gasteiger charge is -2.16. The summed E-state index contributed by atoms with van der Waals surface area (Å²) in [6.45, 7) is 3.70. The molecular weight excluding hydrogens is 600 g/mol. The van der Waals surface area contributed by atoms with Crippen molar-refractivity contribution in [2.75, 3.05) is 24.0 Å². The lowest BCUT2D eigenvalue weighted by Crippen LogP contribution is -2.35. The Morgan fingerprint density at radius 2 is 1.76 bits per heavy atom. The molecule has 1 fully saturated rings. The molecule has 3 N–H and O–H groups in total. The summed E-state index contributed by atoms with van der Waals surface area (Å²) in [5, 5.41) is 8.29. The molecule has 0 aliphatic heterocycles. The third-order valence-electron chi connectivity index (χ3n) is 7.34. The second kappa shape index (κ2) is 13.1. The number of hydrogen-bond donors (Lipinski definition) is 3.